The Hall–Kier alpha value is -2.51. The molecule has 0 saturated carbocycles. The van der Waals surface area contributed by atoms with Crippen LogP contribution in [0, 0.1) is 0 Å². The molecule has 5 nitrogen and oxygen atoms in total. The summed E-state index contributed by atoms with van der Waals surface area (Å²) in [6.45, 7) is 3.76. The zero-order valence-corrected chi connectivity index (χ0v) is 13.6. The molecule has 1 aromatic carbocycles. The molecule has 2 rings (SSSR count). The van der Waals surface area contributed by atoms with Crippen molar-refractivity contribution in [3.63, 3.8) is 0 Å². The Labute approximate surface area is 138 Å². The quantitative estimate of drug-likeness (QED) is 0.813. The Balaban J connectivity index is 2.34. The monoisotopic (exact) mass is 340 g/mol. The summed E-state index contributed by atoms with van der Waals surface area (Å²) in [5.41, 5.74) is -0.440. The fourth-order valence-electron chi connectivity index (χ4n) is 1.89. The van der Waals surface area contributed by atoms with Crippen molar-refractivity contribution in [3.05, 3.63) is 36.0 Å². The average molecular weight is 340 g/mol. The van der Waals surface area contributed by atoms with E-state index >= 15 is 0 Å². The van der Waals surface area contributed by atoms with Crippen LogP contribution in [0.15, 0.2) is 30.3 Å². The minimum absolute atomic E-state index is 0.0434. The molecule has 1 aromatic heterocycles. The Morgan fingerprint density at radius 1 is 1.21 bits per heavy atom. The fraction of sp³-hybridized carbons (Fsp3) is 0.375. The summed E-state index contributed by atoms with van der Waals surface area (Å²) >= 11 is 0. The summed E-state index contributed by atoms with van der Waals surface area (Å²) in [5, 5.41) is 5.72. The van der Waals surface area contributed by atoms with Crippen LogP contribution in [0.25, 0.3) is 0 Å². The molecule has 2 aromatic rings. The lowest BCUT2D eigenvalue weighted by Gasteiger charge is -2.15. The number of halogens is 3. The molecule has 0 unspecified atom stereocenters. The first kappa shape index (κ1) is 17.8. The van der Waals surface area contributed by atoms with Crippen molar-refractivity contribution in [2.24, 2.45) is 0 Å². The van der Waals surface area contributed by atoms with Gasteiger partial charge in [0.15, 0.2) is 5.69 Å². The number of anilines is 3. The Bertz CT molecular complexity index is 691. The fourth-order valence-corrected chi connectivity index (χ4v) is 1.89. The molecule has 0 spiro atoms. The van der Waals surface area contributed by atoms with Gasteiger partial charge in [0.25, 0.3) is 0 Å². The molecule has 0 amide bonds. The van der Waals surface area contributed by atoms with Crippen LogP contribution >= 0.6 is 0 Å². The summed E-state index contributed by atoms with van der Waals surface area (Å²) < 4.78 is 44.3. The molecule has 1 atom stereocenters. The number of hydrogen-bond acceptors (Lipinski definition) is 5. The van der Waals surface area contributed by atoms with Crippen molar-refractivity contribution >= 4 is 17.5 Å². The Morgan fingerprint density at radius 3 is 2.58 bits per heavy atom. The van der Waals surface area contributed by atoms with Crippen molar-refractivity contribution in [2.45, 2.75) is 32.5 Å². The molecule has 2 N–H and O–H groups in total. The Morgan fingerprint density at radius 2 is 1.96 bits per heavy atom. The maximum atomic E-state index is 13.1. The van der Waals surface area contributed by atoms with Crippen LogP contribution in [0.3, 0.4) is 0 Å². The van der Waals surface area contributed by atoms with Gasteiger partial charge < -0.3 is 15.4 Å². The number of alkyl halides is 3. The molecule has 0 aliphatic heterocycles. The van der Waals surface area contributed by atoms with Crippen molar-refractivity contribution < 1.29 is 17.9 Å². The lowest BCUT2D eigenvalue weighted by Crippen LogP contribution is -2.18. The van der Waals surface area contributed by atoms with E-state index in [1.165, 1.54) is 7.11 Å². The van der Waals surface area contributed by atoms with Crippen LogP contribution in [0.4, 0.5) is 30.6 Å². The van der Waals surface area contributed by atoms with Crippen molar-refractivity contribution in [3.8, 4) is 5.75 Å². The largest absolute Gasteiger partial charge is 0.497 e. The van der Waals surface area contributed by atoms with E-state index in [1.54, 1.807) is 24.3 Å². The van der Waals surface area contributed by atoms with E-state index < -0.39 is 11.9 Å². The van der Waals surface area contributed by atoms with E-state index in [9.17, 15) is 13.2 Å². The van der Waals surface area contributed by atoms with Gasteiger partial charge >= 0.3 is 6.18 Å². The third kappa shape index (κ3) is 4.74. The second kappa shape index (κ2) is 7.37. The zero-order chi connectivity index (χ0) is 17.7. The standard InChI is InChI=1S/C16H19F3N4O/c1-4-10(2)20-15-22-13(16(17,18)19)9-14(23-15)21-11-6-5-7-12(8-11)24-3/h5-10H,4H2,1-3H3,(H2,20,21,22,23)/t10-/m1/s1. The SMILES string of the molecule is CC[C@@H](C)Nc1nc(Nc2cccc(OC)c2)cc(C(F)(F)F)n1. The van der Waals surface area contributed by atoms with Gasteiger partial charge in [0.05, 0.1) is 7.11 Å². The minimum Gasteiger partial charge on any atom is -0.497 e. The average Bonchev–Trinajstić information content (AvgIpc) is 2.53. The van der Waals surface area contributed by atoms with E-state index in [0.29, 0.717) is 11.4 Å². The van der Waals surface area contributed by atoms with E-state index in [-0.39, 0.29) is 17.8 Å². The third-order valence-corrected chi connectivity index (χ3v) is 3.35. The van der Waals surface area contributed by atoms with Gasteiger partial charge in [-0.15, -0.1) is 0 Å². The number of nitrogens with zero attached hydrogens (tertiary/aromatic N) is 2. The number of hydrogen-bond donors (Lipinski definition) is 2. The van der Waals surface area contributed by atoms with Crippen LogP contribution in [0.2, 0.25) is 0 Å². The van der Waals surface area contributed by atoms with Crippen LogP contribution in [0.5, 0.6) is 5.75 Å². The number of rotatable bonds is 6. The lowest BCUT2D eigenvalue weighted by atomic mass is 10.2. The summed E-state index contributed by atoms with van der Waals surface area (Å²) in [6.07, 6.45) is -3.82. The molecule has 0 aliphatic rings. The second-order valence-electron chi connectivity index (χ2n) is 5.27. The summed E-state index contributed by atoms with van der Waals surface area (Å²) in [5.74, 6) is 0.573. The highest BCUT2D eigenvalue weighted by Crippen LogP contribution is 2.31. The van der Waals surface area contributed by atoms with Crippen LogP contribution in [-0.4, -0.2) is 23.1 Å². The van der Waals surface area contributed by atoms with Crippen LogP contribution in [0.1, 0.15) is 26.0 Å². The maximum absolute atomic E-state index is 13.1. The van der Waals surface area contributed by atoms with Crippen LogP contribution < -0.4 is 15.4 Å². The molecule has 24 heavy (non-hydrogen) atoms. The molecular weight excluding hydrogens is 321 g/mol. The summed E-state index contributed by atoms with van der Waals surface area (Å²) in [4.78, 5) is 7.67. The molecule has 8 heteroatoms. The molecular formula is C16H19F3N4O. The maximum Gasteiger partial charge on any atom is 0.433 e. The lowest BCUT2D eigenvalue weighted by molar-refractivity contribution is -0.141. The first-order valence-corrected chi connectivity index (χ1v) is 7.45. The summed E-state index contributed by atoms with van der Waals surface area (Å²) in [6, 6.07) is 7.67. The second-order valence-corrected chi connectivity index (χ2v) is 5.27. The highest BCUT2D eigenvalue weighted by atomic mass is 19.4. The number of methoxy groups -OCH3 is 1. The topological polar surface area (TPSA) is 59.1 Å². The Kier molecular flexibility index (Phi) is 5.48. The van der Waals surface area contributed by atoms with Crippen LogP contribution in [-0.2, 0) is 6.18 Å². The van der Waals surface area contributed by atoms with E-state index in [1.807, 2.05) is 13.8 Å². The molecule has 0 bridgehead atoms. The third-order valence-electron chi connectivity index (χ3n) is 3.35. The van der Waals surface area contributed by atoms with Gasteiger partial charge in [-0.05, 0) is 25.5 Å². The van der Waals surface area contributed by atoms with Gasteiger partial charge in [-0.2, -0.15) is 18.2 Å². The molecule has 0 saturated heterocycles. The van der Waals surface area contributed by atoms with Gasteiger partial charge in [-0.1, -0.05) is 13.0 Å². The van der Waals surface area contributed by atoms with Crippen molar-refractivity contribution in [1.82, 2.24) is 9.97 Å². The number of aromatic nitrogens is 2. The zero-order valence-electron chi connectivity index (χ0n) is 13.6. The van der Waals surface area contributed by atoms with Crippen molar-refractivity contribution in [1.29, 1.82) is 0 Å². The molecule has 130 valence electrons. The predicted octanol–water partition coefficient (Wildman–Crippen LogP) is 4.46. The molecule has 1 heterocycles. The minimum atomic E-state index is -4.56. The highest BCUT2D eigenvalue weighted by Gasteiger charge is 2.33. The van der Waals surface area contributed by atoms with E-state index in [2.05, 4.69) is 20.6 Å². The van der Waals surface area contributed by atoms with E-state index in [4.69, 9.17) is 4.74 Å². The van der Waals surface area contributed by atoms with Gasteiger partial charge in [0, 0.05) is 23.9 Å². The number of benzene rings is 1. The molecule has 0 fully saturated rings. The summed E-state index contributed by atoms with van der Waals surface area (Å²) in [7, 11) is 1.51. The molecule has 0 radical (unpaired) electrons. The normalized spacial score (nSPS) is 12.6. The van der Waals surface area contributed by atoms with Gasteiger partial charge in [-0.3, -0.25) is 0 Å². The van der Waals surface area contributed by atoms with Gasteiger partial charge in [0.2, 0.25) is 5.95 Å². The molecule has 0 aliphatic carbocycles. The smallest absolute Gasteiger partial charge is 0.433 e. The first-order chi connectivity index (χ1) is 11.3. The van der Waals surface area contributed by atoms with E-state index in [0.717, 1.165) is 12.5 Å². The van der Waals surface area contributed by atoms with Crippen molar-refractivity contribution in [2.75, 3.05) is 17.7 Å². The predicted molar refractivity (Wildman–Crippen MR) is 86.7 cm³/mol. The van der Waals surface area contributed by atoms with Gasteiger partial charge in [-0.25, -0.2) is 4.98 Å². The first-order valence-electron chi connectivity index (χ1n) is 7.45. The number of nitrogens with one attached hydrogen (secondary N) is 2. The number of ether oxygens (including phenoxy) is 1. The highest BCUT2D eigenvalue weighted by molar-refractivity contribution is 5.59. The van der Waals surface area contributed by atoms with Gasteiger partial charge in [0.1, 0.15) is 11.6 Å².